The fourth-order valence-electron chi connectivity index (χ4n) is 2.89. The molecule has 5 nitrogen and oxygen atoms in total. The molecule has 1 unspecified atom stereocenters. The van der Waals surface area contributed by atoms with Gasteiger partial charge in [0.05, 0.1) is 26.3 Å². The molecular formula is C20H25NO4. The molecule has 0 heterocycles. The maximum Gasteiger partial charge on any atom is 0.255 e. The number of ether oxygens (including phenoxy) is 3. The van der Waals surface area contributed by atoms with E-state index in [2.05, 4.69) is 5.32 Å². The molecule has 0 radical (unpaired) electrons. The normalized spacial score (nSPS) is 13.0. The van der Waals surface area contributed by atoms with Crippen LogP contribution in [0.4, 0.5) is 0 Å². The molecule has 25 heavy (non-hydrogen) atoms. The van der Waals surface area contributed by atoms with E-state index in [4.69, 9.17) is 14.2 Å². The van der Waals surface area contributed by atoms with E-state index in [9.17, 15) is 4.79 Å². The van der Waals surface area contributed by atoms with E-state index < -0.39 is 5.60 Å². The summed E-state index contributed by atoms with van der Waals surface area (Å²) in [6, 6.07) is 15.1. The summed E-state index contributed by atoms with van der Waals surface area (Å²) in [4.78, 5) is 12.7. The molecule has 2 aromatic carbocycles. The molecule has 0 fully saturated rings. The lowest BCUT2D eigenvalue weighted by Gasteiger charge is -2.32. The summed E-state index contributed by atoms with van der Waals surface area (Å²) in [7, 11) is 4.72. The fourth-order valence-corrected chi connectivity index (χ4v) is 2.89. The molecule has 0 bridgehead atoms. The van der Waals surface area contributed by atoms with Crippen LogP contribution in [0.25, 0.3) is 0 Å². The minimum atomic E-state index is -0.580. The Hall–Kier alpha value is -2.53. The van der Waals surface area contributed by atoms with E-state index in [-0.39, 0.29) is 5.91 Å². The summed E-state index contributed by atoms with van der Waals surface area (Å²) in [5, 5.41) is 2.97. The van der Waals surface area contributed by atoms with Crippen LogP contribution in [-0.2, 0) is 10.3 Å². The lowest BCUT2D eigenvalue weighted by atomic mass is 9.90. The van der Waals surface area contributed by atoms with Crippen LogP contribution in [0.2, 0.25) is 0 Å². The van der Waals surface area contributed by atoms with Crippen LogP contribution in [0.1, 0.15) is 29.3 Å². The van der Waals surface area contributed by atoms with E-state index in [0.29, 0.717) is 23.6 Å². The monoisotopic (exact) mass is 343 g/mol. The maximum absolute atomic E-state index is 12.7. The highest BCUT2D eigenvalue weighted by Crippen LogP contribution is 2.31. The van der Waals surface area contributed by atoms with Gasteiger partial charge < -0.3 is 19.5 Å². The van der Waals surface area contributed by atoms with Gasteiger partial charge >= 0.3 is 0 Å². The number of benzene rings is 2. The second kappa shape index (κ2) is 8.53. The molecule has 134 valence electrons. The van der Waals surface area contributed by atoms with Crippen LogP contribution >= 0.6 is 0 Å². The molecule has 0 saturated carbocycles. The molecule has 2 aromatic rings. The van der Waals surface area contributed by atoms with E-state index in [1.807, 2.05) is 37.3 Å². The van der Waals surface area contributed by atoms with Crippen molar-refractivity contribution in [3.8, 4) is 11.5 Å². The van der Waals surface area contributed by atoms with Crippen LogP contribution in [0, 0.1) is 0 Å². The van der Waals surface area contributed by atoms with Crippen molar-refractivity contribution < 1.29 is 19.0 Å². The third kappa shape index (κ3) is 3.94. The predicted molar refractivity (Wildman–Crippen MR) is 97.3 cm³/mol. The van der Waals surface area contributed by atoms with Crippen LogP contribution in [0.15, 0.2) is 48.5 Å². The zero-order valence-electron chi connectivity index (χ0n) is 15.2. The molecule has 0 aromatic heterocycles. The highest BCUT2D eigenvalue weighted by molar-refractivity contribution is 5.97. The molecule has 1 amide bonds. The molecule has 0 aliphatic heterocycles. The number of hydrogen-bond acceptors (Lipinski definition) is 4. The minimum Gasteiger partial charge on any atom is -0.493 e. The molecule has 0 aliphatic carbocycles. The van der Waals surface area contributed by atoms with Crippen molar-refractivity contribution in [2.75, 3.05) is 27.9 Å². The van der Waals surface area contributed by atoms with Gasteiger partial charge in [-0.05, 0) is 24.1 Å². The zero-order valence-corrected chi connectivity index (χ0v) is 15.2. The lowest BCUT2D eigenvalue weighted by Crippen LogP contribution is -2.42. The minimum absolute atomic E-state index is 0.235. The zero-order chi connectivity index (χ0) is 18.3. The third-order valence-corrected chi connectivity index (χ3v) is 4.44. The van der Waals surface area contributed by atoms with Gasteiger partial charge in [0, 0.05) is 7.11 Å². The lowest BCUT2D eigenvalue weighted by molar-refractivity contribution is -0.0164. The second-order valence-corrected chi connectivity index (χ2v) is 5.64. The quantitative estimate of drug-likeness (QED) is 0.798. The van der Waals surface area contributed by atoms with Crippen molar-refractivity contribution >= 4 is 5.91 Å². The Balaban J connectivity index is 2.23. The van der Waals surface area contributed by atoms with Gasteiger partial charge in [0.15, 0.2) is 11.5 Å². The number of rotatable bonds is 8. The van der Waals surface area contributed by atoms with E-state index in [1.165, 1.54) is 7.11 Å². The van der Waals surface area contributed by atoms with Gasteiger partial charge in [-0.25, -0.2) is 0 Å². The van der Waals surface area contributed by atoms with Gasteiger partial charge in [0.1, 0.15) is 5.60 Å². The summed E-state index contributed by atoms with van der Waals surface area (Å²) >= 11 is 0. The SMILES string of the molecule is CCC(CNC(=O)c1cccc(OC)c1OC)(OC)c1ccccc1. The summed E-state index contributed by atoms with van der Waals surface area (Å²) < 4.78 is 16.4. The van der Waals surface area contributed by atoms with Gasteiger partial charge in [-0.1, -0.05) is 43.3 Å². The number of amides is 1. The first kappa shape index (κ1) is 18.8. The largest absolute Gasteiger partial charge is 0.493 e. The number of para-hydroxylation sites is 1. The van der Waals surface area contributed by atoms with Gasteiger partial charge in [-0.2, -0.15) is 0 Å². The van der Waals surface area contributed by atoms with Crippen molar-refractivity contribution in [1.82, 2.24) is 5.32 Å². The highest BCUT2D eigenvalue weighted by Gasteiger charge is 2.31. The predicted octanol–water partition coefficient (Wildman–Crippen LogP) is 3.39. The van der Waals surface area contributed by atoms with Crippen LogP contribution in [-0.4, -0.2) is 33.8 Å². The average Bonchev–Trinajstić information content (AvgIpc) is 2.69. The summed E-state index contributed by atoms with van der Waals surface area (Å²) in [6.45, 7) is 2.39. The molecule has 1 atom stereocenters. The van der Waals surface area contributed by atoms with E-state index in [0.717, 1.165) is 12.0 Å². The van der Waals surface area contributed by atoms with E-state index >= 15 is 0 Å². The maximum atomic E-state index is 12.7. The summed E-state index contributed by atoms with van der Waals surface area (Å²) in [5.74, 6) is 0.704. The Bertz CT molecular complexity index is 696. The van der Waals surface area contributed by atoms with Gasteiger partial charge in [0.2, 0.25) is 0 Å². The topological polar surface area (TPSA) is 56.8 Å². The first-order chi connectivity index (χ1) is 12.1. The molecule has 1 N–H and O–H groups in total. The Morgan fingerprint density at radius 1 is 1.00 bits per heavy atom. The number of nitrogens with one attached hydrogen (secondary N) is 1. The Morgan fingerprint density at radius 3 is 2.28 bits per heavy atom. The average molecular weight is 343 g/mol. The fraction of sp³-hybridized carbons (Fsp3) is 0.350. The van der Waals surface area contributed by atoms with Crippen LogP contribution in [0.5, 0.6) is 11.5 Å². The number of carbonyl (C=O) groups is 1. The number of carbonyl (C=O) groups excluding carboxylic acids is 1. The first-order valence-electron chi connectivity index (χ1n) is 8.21. The Morgan fingerprint density at radius 2 is 1.72 bits per heavy atom. The van der Waals surface area contributed by atoms with E-state index in [1.54, 1.807) is 32.4 Å². The first-order valence-corrected chi connectivity index (χ1v) is 8.21. The second-order valence-electron chi connectivity index (χ2n) is 5.64. The highest BCUT2D eigenvalue weighted by atomic mass is 16.5. The van der Waals surface area contributed by atoms with Gasteiger partial charge in [-0.15, -0.1) is 0 Å². The third-order valence-electron chi connectivity index (χ3n) is 4.44. The molecule has 0 spiro atoms. The smallest absolute Gasteiger partial charge is 0.255 e. The van der Waals surface area contributed by atoms with Crippen molar-refractivity contribution in [1.29, 1.82) is 0 Å². The Kier molecular flexibility index (Phi) is 6.42. The van der Waals surface area contributed by atoms with Crippen LogP contribution in [0.3, 0.4) is 0 Å². The number of methoxy groups -OCH3 is 3. The molecule has 0 saturated heterocycles. The summed E-state index contributed by atoms with van der Waals surface area (Å²) in [6.07, 6.45) is 0.725. The van der Waals surface area contributed by atoms with Crippen molar-refractivity contribution in [3.05, 3.63) is 59.7 Å². The van der Waals surface area contributed by atoms with Crippen molar-refractivity contribution in [2.45, 2.75) is 18.9 Å². The van der Waals surface area contributed by atoms with Crippen molar-refractivity contribution in [2.24, 2.45) is 0 Å². The van der Waals surface area contributed by atoms with Gasteiger partial charge in [-0.3, -0.25) is 4.79 Å². The standard InChI is InChI=1S/C20H25NO4/c1-5-20(25-4,15-10-7-6-8-11-15)14-21-19(22)16-12-9-13-17(23-2)18(16)24-3/h6-13H,5,14H2,1-4H3,(H,21,22). The molecule has 0 aliphatic rings. The van der Waals surface area contributed by atoms with Gasteiger partial charge in [0.25, 0.3) is 5.91 Å². The summed E-state index contributed by atoms with van der Waals surface area (Å²) in [5.41, 5.74) is 0.872. The number of hydrogen-bond donors (Lipinski definition) is 1. The van der Waals surface area contributed by atoms with Crippen molar-refractivity contribution in [3.63, 3.8) is 0 Å². The molecular weight excluding hydrogens is 318 g/mol. The van der Waals surface area contributed by atoms with Crippen LogP contribution < -0.4 is 14.8 Å². The molecule has 2 rings (SSSR count). The Labute approximate surface area is 148 Å². The molecule has 5 heteroatoms.